The van der Waals surface area contributed by atoms with E-state index < -0.39 is 17.5 Å². The molecule has 0 aromatic heterocycles. The number of allylic oxidation sites excluding steroid dienone is 4. The Hall–Kier alpha value is -0.0597. The minimum atomic E-state index is -2.82. The van der Waals surface area contributed by atoms with Crippen LogP contribution in [0.1, 0.15) is 27.2 Å². The van der Waals surface area contributed by atoms with Crippen molar-refractivity contribution in [1.82, 2.24) is 6.61 Å². The fraction of sp³-hybridized carbons (Fsp3) is 0.692. The van der Waals surface area contributed by atoms with Gasteiger partial charge in [-0.15, -0.1) is 0 Å². The van der Waals surface area contributed by atoms with Crippen LogP contribution in [0, 0.1) is 0 Å². The van der Waals surface area contributed by atoms with Crippen molar-refractivity contribution in [2.45, 2.75) is 32.7 Å². The molecule has 1 rings (SSSR count). The molecule has 0 spiro atoms. The van der Waals surface area contributed by atoms with E-state index in [-0.39, 0.29) is 5.54 Å². The average Bonchev–Trinajstić information content (AvgIpc) is 2.64. The van der Waals surface area contributed by atoms with Crippen LogP contribution >= 0.6 is 0 Å². The Balaban J connectivity index is 3.39. The Morgan fingerprint density at radius 1 is 1.12 bits per heavy atom. The van der Waals surface area contributed by atoms with E-state index in [0.717, 1.165) is 6.42 Å². The van der Waals surface area contributed by atoms with Gasteiger partial charge in [0.05, 0.1) is 0 Å². The molecule has 0 aromatic rings. The zero-order valence-electron chi connectivity index (χ0n) is 12.2. The summed E-state index contributed by atoms with van der Waals surface area (Å²) in [5, 5.41) is 0. The van der Waals surface area contributed by atoms with Crippen molar-refractivity contribution in [1.29, 1.82) is 0 Å². The Morgan fingerprint density at radius 3 is 1.94 bits per heavy atom. The predicted octanol–water partition coefficient (Wildman–Crippen LogP) is 2.92. The molecule has 0 fully saturated rings. The summed E-state index contributed by atoms with van der Waals surface area (Å²) in [6, 6.07) is 0. The molecule has 0 unspecified atom stereocenters. The van der Waals surface area contributed by atoms with E-state index in [0.29, 0.717) is 0 Å². The van der Waals surface area contributed by atoms with Crippen molar-refractivity contribution in [3.63, 3.8) is 0 Å². The molecule has 17 heavy (non-hydrogen) atoms. The molecule has 4 heteroatoms. The molecule has 0 aromatic carbocycles. The zero-order chi connectivity index (χ0) is 13.3. The summed E-state index contributed by atoms with van der Waals surface area (Å²) < 4.78 is 11.6. The predicted molar refractivity (Wildman–Crippen MR) is 71.4 cm³/mol. The SMILES string of the molecule is C[N](C)[Nb](=[N]C(C)(C)C)([C]1=CC=CC1)[N](C)C. The molecule has 0 saturated carbocycles. The van der Waals surface area contributed by atoms with Crippen molar-refractivity contribution >= 4 is 0 Å². The third kappa shape index (κ3) is 3.24. The standard InChI is InChI=1S/C5H5.C4H9N.2C2H6N.Nb/c1-2-4-5-3-1;1-4(2,3)5;2*1-3-2;/h1-3H,4H2;1-3H3;2*1-2H3;/q;;2*-1;+2. The molecular formula is C13H26N3Nb. The number of rotatable bonds is 3. The van der Waals surface area contributed by atoms with Crippen LogP contribution in [-0.2, 0) is 17.5 Å². The molecule has 1 aliphatic rings. The third-order valence-corrected chi connectivity index (χ3v) is 13.0. The summed E-state index contributed by atoms with van der Waals surface area (Å²) in [6.45, 7) is 6.60. The van der Waals surface area contributed by atoms with Gasteiger partial charge in [0.1, 0.15) is 0 Å². The molecule has 3 nitrogen and oxygen atoms in total. The van der Waals surface area contributed by atoms with Gasteiger partial charge < -0.3 is 0 Å². The summed E-state index contributed by atoms with van der Waals surface area (Å²) >= 11 is -2.82. The van der Waals surface area contributed by atoms with Gasteiger partial charge in [-0.3, -0.25) is 0 Å². The Labute approximate surface area is 110 Å². The van der Waals surface area contributed by atoms with Gasteiger partial charge in [0.15, 0.2) is 0 Å². The van der Waals surface area contributed by atoms with Crippen molar-refractivity contribution in [2.75, 3.05) is 28.2 Å². The van der Waals surface area contributed by atoms with Gasteiger partial charge in [0, 0.05) is 0 Å². The second-order valence-electron chi connectivity index (χ2n) is 5.82. The van der Waals surface area contributed by atoms with Crippen molar-refractivity contribution in [3.8, 4) is 0 Å². The van der Waals surface area contributed by atoms with E-state index in [1.165, 1.54) is 3.79 Å². The van der Waals surface area contributed by atoms with Gasteiger partial charge in [0.25, 0.3) is 0 Å². The van der Waals surface area contributed by atoms with Crippen LogP contribution in [0.25, 0.3) is 0 Å². The first-order valence-corrected chi connectivity index (χ1v) is 10.1. The molecule has 98 valence electrons. The summed E-state index contributed by atoms with van der Waals surface area (Å²) in [7, 11) is 8.72. The van der Waals surface area contributed by atoms with Gasteiger partial charge in [-0.1, -0.05) is 0 Å². The molecular weight excluding hydrogens is 291 g/mol. The zero-order valence-corrected chi connectivity index (χ0v) is 14.4. The summed E-state index contributed by atoms with van der Waals surface area (Å²) in [4.78, 5) is 0. The number of hydrogen-bond acceptors (Lipinski definition) is 1. The fourth-order valence-electron chi connectivity index (χ4n) is 2.19. The van der Waals surface area contributed by atoms with E-state index in [2.05, 4.69) is 73.8 Å². The minimum absolute atomic E-state index is 0.0174. The van der Waals surface area contributed by atoms with Crippen LogP contribution in [0.2, 0.25) is 0 Å². The molecule has 0 bridgehead atoms. The van der Waals surface area contributed by atoms with Gasteiger partial charge in [0.2, 0.25) is 0 Å². The fourth-order valence-corrected chi connectivity index (χ4v) is 11.3. The van der Waals surface area contributed by atoms with Crippen LogP contribution in [-0.4, -0.2) is 40.3 Å². The van der Waals surface area contributed by atoms with E-state index in [9.17, 15) is 0 Å². The van der Waals surface area contributed by atoms with E-state index in [1.807, 2.05) is 0 Å². The van der Waals surface area contributed by atoms with Crippen molar-refractivity contribution in [3.05, 3.63) is 22.0 Å². The number of hydrogen-bond donors (Lipinski definition) is 0. The van der Waals surface area contributed by atoms with Crippen LogP contribution in [0.5, 0.6) is 0 Å². The van der Waals surface area contributed by atoms with Gasteiger partial charge >= 0.3 is 110 Å². The Kier molecular flexibility index (Phi) is 4.67. The summed E-state index contributed by atoms with van der Waals surface area (Å²) in [5.41, 5.74) is 0.0174. The van der Waals surface area contributed by atoms with Crippen LogP contribution in [0.15, 0.2) is 25.4 Å². The second-order valence-corrected chi connectivity index (χ2v) is 14.5. The second kappa shape index (κ2) is 5.29. The molecule has 0 saturated heterocycles. The molecule has 0 amide bonds. The van der Waals surface area contributed by atoms with E-state index in [1.54, 1.807) is 0 Å². The Morgan fingerprint density at radius 2 is 1.65 bits per heavy atom. The first kappa shape index (κ1) is 15.0. The van der Waals surface area contributed by atoms with E-state index in [4.69, 9.17) is 3.34 Å². The van der Waals surface area contributed by atoms with Gasteiger partial charge in [-0.25, -0.2) is 0 Å². The van der Waals surface area contributed by atoms with Crippen molar-refractivity contribution < 1.29 is 17.5 Å². The molecule has 1 aliphatic carbocycles. The summed E-state index contributed by atoms with van der Waals surface area (Å²) in [5.74, 6) is 0. The van der Waals surface area contributed by atoms with Crippen molar-refractivity contribution in [2.24, 2.45) is 3.34 Å². The quantitative estimate of drug-likeness (QED) is 0.745. The molecule has 0 heterocycles. The maximum atomic E-state index is 5.26. The van der Waals surface area contributed by atoms with Gasteiger partial charge in [-0.05, 0) is 0 Å². The maximum absolute atomic E-state index is 5.26. The Bertz CT molecular complexity index is 372. The molecule has 0 radical (unpaired) electrons. The van der Waals surface area contributed by atoms with Crippen LogP contribution in [0.3, 0.4) is 0 Å². The van der Waals surface area contributed by atoms with E-state index >= 15 is 0 Å². The first-order valence-electron chi connectivity index (χ1n) is 6.05. The summed E-state index contributed by atoms with van der Waals surface area (Å²) in [6.07, 6.45) is 7.76. The van der Waals surface area contributed by atoms with Crippen LogP contribution in [0.4, 0.5) is 0 Å². The topological polar surface area (TPSA) is 18.8 Å². The average molecular weight is 317 g/mol. The molecule has 0 atom stereocenters. The van der Waals surface area contributed by atoms with Gasteiger partial charge in [-0.2, -0.15) is 0 Å². The monoisotopic (exact) mass is 317 g/mol. The normalized spacial score (nSPS) is 16.9. The number of nitrogens with zero attached hydrogens (tertiary/aromatic N) is 3. The first-order chi connectivity index (χ1) is 7.70. The van der Waals surface area contributed by atoms with Crippen LogP contribution < -0.4 is 0 Å². The molecule has 0 aliphatic heterocycles. The third-order valence-electron chi connectivity index (χ3n) is 2.69. The molecule has 0 N–H and O–H groups in total.